The minimum absolute atomic E-state index is 0.0129. The molecule has 0 bridgehead atoms. The van der Waals surface area contributed by atoms with Crippen LogP contribution in [0, 0.1) is 10.1 Å². The number of rotatable bonds is 6. The lowest BCUT2D eigenvalue weighted by molar-refractivity contribution is -0.402. The van der Waals surface area contributed by atoms with Crippen molar-refractivity contribution in [3.63, 3.8) is 0 Å². The fraction of sp³-hybridized carbons (Fsp3) is 0.214. The summed E-state index contributed by atoms with van der Waals surface area (Å²) in [6.07, 6.45) is 4.38. The second kappa shape index (κ2) is 7.50. The van der Waals surface area contributed by atoms with E-state index < -0.39 is 10.9 Å². The van der Waals surface area contributed by atoms with Crippen molar-refractivity contribution in [1.29, 1.82) is 0 Å². The number of nitrogens with zero attached hydrogens (tertiary/aromatic N) is 3. The zero-order valence-electron chi connectivity index (χ0n) is 12.1. The maximum atomic E-state index is 11.4. The Morgan fingerprint density at radius 2 is 2.26 bits per heavy atom. The second-order valence-electron chi connectivity index (χ2n) is 4.29. The summed E-state index contributed by atoms with van der Waals surface area (Å²) in [6.45, 7) is 2.00. The predicted octanol–water partition coefficient (Wildman–Crippen LogP) is 2.91. The minimum Gasteiger partial charge on any atom is -0.466 e. The molecule has 0 aromatic carbocycles. The lowest BCUT2D eigenvalue weighted by atomic mass is 10.2. The average molecular weight is 338 g/mol. The molecule has 2 heterocycles. The van der Waals surface area contributed by atoms with Crippen LogP contribution >= 0.6 is 11.6 Å². The molecule has 0 fully saturated rings. The summed E-state index contributed by atoms with van der Waals surface area (Å²) in [5.41, 5.74) is 0.455. The van der Waals surface area contributed by atoms with Gasteiger partial charge >= 0.3 is 11.9 Å². The Morgan fingerprint density at radius 1 is 1.48 bits per heavy atom. The standard InChI is InChI=1S/C14H12ClN3O5/c1-2-22-13(19)7-9-8-16-11(17-14(9)15)5-3-10-4-6-12(23-10)18(20)21/h3-6,8H,2,7H2,1H3/b5-3+. The summed E-state index contributed by atoms with van der Waals surface area (Å²) in [5.74, 6) is -0.203. The molecule has 2 rings (SSSR count). The van der Waals surface area contributed by atoms with Gasteiger partial charge in [-0.2, -0.15) is 0 Å². The first-order chi connectivity index (χ1) is 11.0. The summed E-state index contributed by atoms with van der Waals surface area (Å²) in [5, 5.41) is 10.7. The zero-order chi connectivity index (χ0) is 16.8. The number of ether oxygens (including phenoxy) is 1. The molecule has 120 valence electrons. The van der Waals surface area contributed by atoms with Crippen LogP contribution in [0.3, 0.4) is 0 Å². The number of hydrogen-bond acceptors (Lipinski definition) is 7. The van der Waals surface area contributed by atoms with Crippen LogP contribution in [0.5, 0.6) is 0 Å². The van der Waals surface area contributed by atoms with E-state index in [2.05, 4.69) is 9.97 Å². The fourth-order valence-corrected chi connectivity index (χ4v) is 1.85. The van der Waals surface area contributed by atoms with Gasteiger partial charge in [-0.15, -0.1) is 0 Å². The summed E-state index contributed by atoms with van der Waals surface area (Å²) < 4.78 is 9.79. The molecule has 0 aliphatic carbocycles. The van der Waals surface area contributed by atoms with Crippen molar-refractivity contribution in [1.82, 2.24) is 9.97 Å². The molecule has 0 amide bonds. The van der Waals surface area contributed by atoms with Gasteiger partial charge in [0.2, 0.25) is 0 Å². The van der Waals surface area contributed by atoms with Crippen LogP contribution in [0.15, 0.2) is 22.7 Å². The number of esters is 1. The van der Waals surface area contributed by atoms with Crippen molar-refractivity contribution in [3.05, 3.63) is 50.7 Å². The highest BCUT2D eigenvalue weighted by atomic mass is 35.5. The smallest absolute Gasteiger partial charge is 0.433 e. The second-order valence-corrected chi connectivity index (χ2v) is 4.65. The van der Waals surface area contributed by atoms with Gasteiger partial charge in [-0.05, 0) is 25.1 Å². The number of aromatic nitrogens is 2. The van der Waals surface area contributed by atoms with Crippen molar-refractivity contribution in [2.24, 2.45) is 0 Å². The third-order valence-electron chi connectivity index (χ3n) is 2.66. The molecule has 0 saturated heterocycles. The molecular formula is C14H12ClN3O5. The van der Waals surface area contributed by atoms with E-state index in [0.29, 0.717) is 5.56 Å². The van der Waals surface area contributed by atoms with E-state index in [1.165, 1.54) is 30.5 Å². The molecule has 0 aliphatic heterocycles. The van der Waals surface area contributed by atoms with Crippen LogP contribution in [0.4, 0.5) is 5.88 Å². The van der Waals surface area contributed by atoms with Gasteiger partial charge < -0.3 is 9.15 Å². The highest BCUT2D eigenvalue weighted by molar-refractivity contribution is 6.30. The van der Waals surface area contributed by atoms with E-state index in [4.69, 9.17) is 20.8 Å². The molecule has 0 aliphatic rings. The molecule has 9 heteroatoms. The first-order valence-corrected chi connectivity index (χ1v) is 6.96. The molecule has 0 radical (unpaired) electrons. The van der Waals surface area contributed by atoms with Crippen LogP contribution in [0.1, 0.15) is 24.1 Å². The monoisotopic (exact) mass is 337 g/mol. The number of carbonyl (C=O) groups is 1. The van der Waals surface area contributed by atoms with Crippen molar-refractivity contribution in [3.8, 4) is 0 Å². The number of nitro groups is 1. The van der Waals surface area contributed by atoms with E-state index in [1.54, 1.807) is 6.92 Å². The SMILES string of the molecule is CCOC(=O)Cc1cnc(/C=C/c2ccc([N+](=O)[O-])o2)nc1Cl. The summed E-state index contributed by atoms with van der Waals surface area (Å²) >= 11 is 6.00. The molecule has 2 aromatic rings. The molecule has 8 nitrogen and oxygen atoms in total. The molecule has 0 saturated carbocycles. The average Bonchev–Trinajstić information content (AvgIpc) is 2.97. The number of carbonyl (C=O) groups excluding carboxylic acids is 1. The lowest BCUT2D eigenvalue weighted by Gasteiger charge is -2.03. The van der Waals surface area contributed by atoms with Gasteiger partial charge in [0.15, 0.2) is 5.82 Å². The van der Waals surface area contributed by atoms with Gasteiger partial charge in [0.1, 0.15) is 15.8 Å². The van der Waals surface area contributed by atoms with Crippen LogP contribution in [0.25, 0.3) is 12.2 Å². The summed E-state index contributed by atoms with van der Waals surface area (Å²) in [4.78, 5) is 29.4. The van der Waals surface area contributed by atoms with Gasteiger partial charge in [0.25, 0.3) is 0 Å². The normalized spacial score (nSPS) is 10.9. The number of furan rings is 1. The van der Waals surface area contributed by atoms with E-state index in [0.717, 1.165) is 0 Å². The molecule has 0 spiro atoms. The summed E-state index contributed by atoms with van der Waals surface area (Å²) in [6, 6.07) is 2.70. The van der Waals surface area contributed by atoms with E-state index in [1.807, 2.05) is 0 Å². The molecule has 0 N–H and O–H groups in total. The number of hydrogen-bond donors (Lipinski definition) is 0. The van der Waals surface area contributed by atoms with Crippen LogP contribution in [-0.2, 0) is 16.0 Å². The molecule has 0 unspecified atom stereocenters. The van der Waals surface area contributed by atoms with Crippen LogP contribution in [0.2, 0.25) is 5.15 Å². The third-order valence-corrected chi connectivity index (χ3v) is 2.99. The molecular weight excluding hydrogens is 326 g/mol. The minimum atomic E-state index is -0.630. The number of halogens is 1. The largest absolute Gasteiger partial charge is 0.466 e. The Morgan fingerprint density at radius 3 is 2.87 bits per heavy atom. The van der Waals surface area contributed by atoms with Gasteiger partial charge in [0.05, 0.1) is 19.1 Å². The van der Waals surface area contributed by atoms with Gasteiger partial charge in [0, 0.05) is 11.8 Å². The third kappa shape index (κ3) is 4.62. The van der Waals surface area contributed by atoms with E-state index >= 15 is 0 Å². The predicted molar refractivity (Wildman–Crippen MR) is 81.7 cm³/mol. The van der Waals surface area contributed by atoms with Crippen molar-refractivity contribution in [2.45, 2.75) is 13.3 Å². The molecule has 0 atom stereocenters. The van der Waals surface area contributed by atoms with Crippen LogP contribution in [-0.4, -0.2) is 27.5 Å². The maximum absolute atomic E-state index is 11.4. The molecule has 2 aromatic heterocycles. The van der Waals surface area contributed by atoms with Crippen molar-refractivity contribution in [2.75, 3.05) is 6.61 Å². The maximum Gasteiger partial charge on any atom is 0.433 e. The van der Waals surface area contributed by atoms with Crippen LogP contribution < -0.4 is 0 Å². The van der Waals surface area contributed by atoms with Gasteiger partial charge in [-0.25, -0.2) is 9.97 Å². The zero-order valence-corrected chi connectivity index (χ0v) is 12.8. The Labute approximate surface area is 135 Å². The Hall–Kier alpha value is -2.74. The van der Waals surface area contributed by atoms with Gasteiger partial charge in [-0.1, -0.05) is 11.6 Å². The Kier molecular flexibility index (Phi) is 5.42. The first kappa shape index (κ1) is 16.6. The van der Waals surface area contributed by atoms with Crippen molar-refractivity contribution >= 4 is 35.6 Å². The quantitative estimate of drug-likeness (QED) is 0.345. The Bertz CT molecular complexity index is 757. The summed E-state index contributed by atoms with van der Waals surface area (Å²) in [7, 11) is 0. The lowest BCUT2D eigenvalue weighted by Crippen LogP contribution is -2.09. The van der Waals surface area contributed by atoms with Gasteiger partial charge in [-0.3, -0.25) is 14.9 Å². The highest BCUT2D eigenvalue weighted by Gasteiger charge is 2.11. The first-order valence-electron chi connectivity index (χ1n) is 6.59. The topological polar surface area (TPSA) is 108 Å². The molecule has 23 heavy (non-hydrogen) atoms. The highest BCUT2D eigenvalue weighted by Crippen LogP contribution is 2.18. The Balaban J connectivity index is 2.08. The van der Waals surface area contributed by atoms with E-state index in [9.17, 15) is 14.9 Å². The van der Waals surface area contributed by atoms with E-state index in [-0.39, 0.29) is 35.6 Å². The van der Waals surface area contributed by atoms with Crippen molar-refractivity contribution < 1.29 is 18.9 Å². The fourth-order valence-electron chi connectivity index (χ4n) is 1.65.